The second-order valence-corrected chi connectivity index (χ2v) is 13.5. The molecule has 0 saturated carbocycles. The van der Waals surface area contributed by atoms with Gasteiger partial charge in [-0.1, -0.05) is 153 Å². The molecule has 0 amide bonds. The molecule has 1 aliphatic rings. The summed E-state index contributed by atoms with van der Waals surface area (Å²) >= 11 is 0. The molecule has 0 bridgehead atoms. The summed E-state index contributed by atoms with van der Waals surface area (Å²) < 4.78 is 18.6. The van der Waals surface area contributed by atoms with Gasteiger partial charge in [0, 0.05) is 38.6 Å². The van der Waals surface area contributed by atoms with Gasteiger partial charge in [0.1, 0.15) is 5.60 Å². The first kappa shape index (κ1) is 34.8. The Hall–Kier alpha value is -4.10. The summed E-state index contributed by atoms with van der Waals surface area (Å²) in [5, 5.41) is 12.7. The van der Waals surface area contributed by atoms with E-state index in [-0.39, 0.29) is 5.92 Å². The van der Waals surface area contributed by atoms with Crippen molar-refractivity contribution in [1.82, 2.24) is 4.90 Å². The van der Waals surface area contributed by atoms with Crippen LogP contribution in [0.25, 0.3) is 0 Å². The molecule has 0 aromatic heterocycles. The molecule has 49 heavy (non-hydrogen) atoms. The maximum Gasteiger partial charge on any atom is 0.143 e. The molecule has 1 saturated heterocycles. The molecule has 1 heterocycles. The van der Waals surface area contributed by atoms with Gasteiger partial charge >= 0.3 is 0 Å². The summed E-state index contributed by atoms with van der Waals surface area (Å²) in [4.78, 5) is 2.45. The smallest absolute Gasteiger partial charge is 0.143 e. The van der Waals surface area contributed by atoms with Gasteiger partial charge in [0.15, 0.2) is 0 Å². The Labute approximate surface area is 292 Å². The number of likely N-dealkylation sites (tertiary alicyclic amines) is 1. The Morgan fingerprint density at radius 2 is 1.24 bits per heavy atom. The van der Waals surface area contributed by atoms with Crippen LogP contribution in [0, 0.1) is 11.8 Å². The van der Waals surface area contributed by atoms with Gasteiger partial charge in [-0.2, -0.15) is 0 Å². The molecule has 5 aromatic carbocycles. The molecule has 6 rings (SSSR count). The fourth-order valence-electron chi connectivity index (χ4n) is 7.24. The van der Waals surface area contributed by atoms with E-state index in [1.165, 1.54) is 5.56 Å². The van der Waals surface area contributed by atoms with Crippen molar-refractivity contribution in [2.24, 2.45) is 11.8 Å². The van der Waals surface area contributed by atoms with E-state index in [0.717, 1.165) is 40.9 Å². The molecule has 3 atom stereocenters. The van der Waals surface area contributed by atoms with Crippen molar-refractivity contribution < 1.29 is 19.3 Å². The van der Waals surface area contributed by atoms with Gasteiger partial charge in [-0.3, -0.25) is 4.90 Å². The first-order valence-electron chi connectivity index (χ1n) is 17.5. The molecule has 5 nitrogen and oxygen atoms in total. The van der Waals surface area contributed by atoms with Crippen molar-refractivity contribution in [2.45, 2.75) is 37.7 Å². The molecule has 0 spiro atoms. The number of piperidine rings is 1. The number of ether oxygens (including phenoxy) is 3. The van der Waals surface area contributed by atoms with Crippen LogP contribution in [0.1, 0.15) is 46.7 Å². The average molecular weight is 656 g/mol. The lowest BCUT2D eigenvalue weighted by atomic mass is 9.75. The Morgan fingerprint density at radius 1 is 0.714 bits per heavy atom. The van der Waals surface area contributed by atoms with Crippen molar-refractivity contribution in [3.63, 3.8) is 0 Å². The van der Waals surface area contributed by atoms with Gasteiger partial charge in [0.25, 0.3) is 0 Å². The van der Waals surface area contributed by atoms with Gasteiger partial charge in [0.2, 0.25) is 0 Å². The topological polar surface area (TPSA) is 51.2 Å². The van der Waals surface area contributed by atoms with E-state index >= 15 is 0 Å². The Balaban J connectivity index is 1.32. The molecular weight excluding hydrogens is 606 g/mol. The number of benzene rings is 5. The van der Waals surface area contributed by atoms with E-state index in [2.05, 4.69) is 139 Å². The predicted molar refractivity (Wildman–Crippen MR) is 196 cm³/mol. The molecule has 0 aliphatic carbocycles. The summed E-state index contributed by atoms with van der Waals surface area (Å²) in [7, 11) is 1.72. The minimum atomic E-state index is -1.07. The molecule has 5 heteroatoms. The molecule has 1 N–H and O–H groups in total. The quantitative estimate of drug-likeness (QED) is 0.115. The third-order valence-corrected chi connectivity index (χ3v) is 9.83. The van der Waals surface area contributed by atoms with E-state index in [0.29, 0.717) is 45.3 Å². The molecule has 0 unspecified atom stereocenters. The molecule has 0 radical (unpaired) electrons. The molecule has 1 fully saturated rings. The lowest BCUT2D eigenvalue weighted by molar-refractivity contribution is -0.125. The number of rotatable bonds is 15. The van der Waals surface area contributed by atoms with Crippen LogP contribution in [0.15, 0.2) is 146 Å². The zero-order chi connectivity index (χ0) is 33.9. The summed E-state index contributed by atoms with van der Waals surface area (Å²) in [6.07, 6.45) is 0.604. The Morgan fingerprint density at radius 3 is 1.78 bits per heavy atom. The highest BCUT2D eigenvalue weighted by Crippen LogP contribution is 2.44. The van der Waals surface area contributed by atoms with Gasteiger partial charge in [-0.15, -0.1) is 0 Å². The Kier molecular flexibility index (Phi) is 11.7. The zero-order valence-electron chi connectivity index (χ0n) is 28.8. The summed E-state index contributed by atoms with van der Waals surface area (Å²) in [6, 6.07) is 50.3. The van der Waals surface area contributed by atoms with Crippen LogP contribution in [0.5, 0.6) is 0 Å². The number of hydrogen-bond acceptors (Lipinski definition) is 5. The first-order valence-corrected chi connectivity index (χ1v) is 17.5. The van der Waals surface area contributed by atoms with Gasteiger partial charge in [-0.05, 0) is 39.8 Å². The fourth-order valence-corrected chi connectivity index (χ4v) is 7.24. The minimum Gasteiger partial charge on any atom is -0.385 e. The van der Waals surface area contributed by atoms with Crippen LogP contribution in [0.2, 0.25) is 0 Å². The van der Waals surface area contributed by atoms with Crippen LogP contribution in [-0.4, -0.2) is 50.0 Å². The number of hydrogen-bond donors (Lipinski definition) is 1. The Bertz CT molecular complexity index is 1590. The van der Waals surface area contributed by atoms with Gasteiger partial charge in [-0.25, -0.2) is 0 Å². The zero-order valence-corrected chi connectivity index (χ0v) is 28.8. The highest BCUT2D eigenvalue weighted by molar-refractivity contribution is 5.47. The lowest BCUT2D eigenvalue weighted by Crippen LogP contribution is -2.52. The summed E-state index contributed by atoms with van der Waals surface area (Å²) in [6.45, 7) is 6.62. The van der Waals surface area contributed by atoms with E-state index < -0.39 is 11.2 Å². The van der Waals surface area contributed by atoms with Crippen LogP contribution in [0.4, 0.5) is 0 Å². The number of nitrogens with zero attached hydrogens (tertiary/aromatic N) is 1. The van der Waals surface area contributed by atoms with Crippen molar-refractivity contribution in [1.29, 1.82) is 0 Å². The van der Waals surface area contributed by atoms with Crippen LogP contribution < -0.4 is 0 Å². The standard InChI is InChI=1S/C44H49NO4/c1-35(31-47-2)32-48-33-37-23-25-38(26-24-37)43(46)27-28-45(29-36-15-7-3-8-16-36)30-42(43)34-49-44(39-17-9-4-10-18-39,40-19-11-5-12-20-40)41-21-13-6-14-22-41/h3-26,35,42,46H,27-34H2,1-2H3/t35-,42-,43-/m0/s1. The van der Waals surface area contributed by atoms with E-state index in [4.69, 9.17) is 14.2 Å². The molecule has 1 aliphatic heterocycles. The van der Waals surface area contributed by atoms with Crippen molar-refractivity contribution in [2.75, 3.05) is 40.0 Å². The van der Waals surface area contributed by atoms with Crippen molar-refractivity contribution in [3.8, 4) is 0 Å². The third-order valence-electron chi connectivity index (χ3n) is 9.83. The second-order valence-electron chi connectivity index (χ2n) is 13.5. The highest BCUT2D eigenvalue weighted by atomic mass is 16.5. The van der Waals surface area contributed by atoms with Gasteiger partial charge < -0.3 is 19.3 Å². The summed E-state index contributed by atoms with van der Waals surface area (Å²) in [5.74, 6) is 0.138. The van der Waals surface area contributed by atoms with Crippen molar-refractivity contribution in [3.05, 3.63) is 179 Å². The molecule has 5 aromatic rings. The van der Waals surface area contributed by atoms with Crippen LogP contribution >= 0.6 is 0 Å². The summed E-state index contributed by atoms with van der Waals surface area (Å²) in [5.41, 5.74) is 4.49. The SMILES string of the molecule is COC[C@H](C)COCc1ccc([C@@]2(O)CCN(Cc3ccccc3)C[C@H]2COC(c2ccccc2)(c2ccccc2)c2ccccc2)cc1. The monoisotopic (exact) mass is 655 g/mol. The van der Waals surface area contributed by atoms with Crippen LogP contribution in [-0.2, 0) is 38.6 Å². The average Bonchev–Trinajstić information content (AvgIpc) is 3.15. The highest BCUT2D eigenvalue weighted by Gasteiger charge is 2.46. The maximum absolute atomic E-state index is 12.7. The third kappa shape index (κ3) is 8.21. The minimum absolute atomic E-state index is 0.197. The first-order chi connectivity index (χ1) is 24.0. The fraction of sp³-hybridized carbons (Fsp3) is 0.318. The second kappa shape index (κ2) is 16.5. The van der Waals surface area contributed by atoms with E-state index in [9.17, 15) is 5.11 Å². The van der Waals surface area contributed by atoms with Crippen molar-refractivity contribution >= 4 is 0 Å². The largest absolute Gasteiger partial charge is 0.385 e. The predicted octanol–water partition coefficient (Wildman–Crippen LogP) is 8.20. The lowest BCUT2D eigenvalue weighted by Gasteiger charge is -2.46. The van der Waals surface area contributed by atoms with Crippen LogP contribution in [0.3, 0.4) is 0 Å². The van der Waals surface area contributed by atoms with Gasteiger partial charge in [0.05, 0.1) is 32.0 Å². The normalized spacial score (nSPS) is 19.0. The van der Waals surface area contributed by atoms with E-state index in [1.807, 2.05) is 18.2 Å². The molecular formula is C44H49NO4. The van der Waals surface area contributed by atoms with E-state index in [1.54, 1.807) is 7.11 Å². The number of aliphatic hydroxyl groups is 1. The number of methoxy groups -OCH3 is 1. The molecule has 254 valence electrons. The maximum atomic E-state index is 12.7.